The molecule has 0 aliphatic rings. The number of fused-ring (bicyclic) bond motifs is 1. The number of rotatable bonds is 4. The maximum atomic E-state index is 13.1. The molecule has 1 N–H and O–H groups in total. The molecule has 0 saturated carbocycles. The molecule has 0 radical (unpaired) electrons. The molecule has 0 aliphatic heterocycles. The number of halogens is 4. The number of nitrogens with one attached hydrogen (secondary N) is 1. The van der Waals surface area contributed by atoms with Crippen molar-refractivity contribution in [2.45, 2.75) is 19.6 Å². The Morgan fingerprint density at radius 3 is 2.55 bits per heavy atom. The van der Waals surface area contributed by atoms with Gasteiger partial charge >= 0.3 is 6.18 Å². The number of amides is 1. The lowest BCUT2D eigenvalue weighted by atomic mass is 10.1. The molecule has 0 fully saturated rings. The van der Waals surface area contributed by atoms with Crippen molar-refractivity contribution in [1.29, 1.82) is 0 Å². The van der Waals surface area contributed by atoms with E-state index in [1.54, 1.807) is 17.6 Å². The third kappa shape index (κ3) is 4.07. The van der Waals surface area contributed by atoms with Crippen LogP contribution in [0.2, 0.25) is 5.02 Å². The summed E-state index contributed by atoms with van der Waals surface area (Å²) in [7, 11) is 1.40. The Balaban J connectivity index is 2.14. The van der Waals surface area contributed by atoms with Gasteiger partial charge in [-0.1, -0.05) is 11.6 Å². The van der Waals surface area contributed by atoms with E-state index in [-0.39, 0.29) is 16.6 Å². The largest absolute Gasteiger partial charge is 0.495 e. The first-order valence-electron chi connectivity index (χ1n) is 8.55. The van der Waals surface area contributed by atoms with Crippen LogP contribution in [0, 0.1) is 0 Å². The summed E-state index contributed by atoms with van der Waals surface area (Å²) in [6, 6.07) is 7.45. The van der Waals surface area contributed by atoms with Crippen LogP contribution in [0.4, 0.5) is 18.9 Å². The van der Waals surface area contributed by atoms with Crippen LogP contribution >= 0.6 is 11.6 Å². The van der Waals surface area contributed by atoms with Gasteiger partial charge in [-0.2, -0.15) is 13.2 Å². The highest BCUT2D eigenvalue weighted by Crippen LogP contribution is 2.31. The Bertz CT molecular complexity index is 1160. The fourth-order valence-corrected chi connectivity index (χ4v) is 3.14. The molecule has 0 saturated heterocycles. The van der Waals surface area contributed by atoms with E-state index in [4.69, 9.17) is 16.3 Å². The van der Waals surface area contributed by atoms with Crippen LogP contribution in [0.3, 0.4) is 0 Å². The fraction of sp³-hybridized carbons (Fsp3) is 0.200. The van der Waals surface area contributed by atoms with Crippen LogP contribution in [0.15, 0.2) is 47.4 Å². The SMILES string of the molecule is CCn1cc(C(=O)Nc2cc(Cl)ccc2OC)c(=O)c2cc(C(F)(F)F)ccc21. The van der Waals surface area contributed by atoms with Gasteiger partial charge in [-0.25, -0.2) is 0 Å². The minimum Gasteiger partial charge on any atom is -0.495 e. The average molecular weight is 425 g/mol. The molecule has 0 spiro atoms. The minimum atomic E-state index is -4.61. The van der Waals surface area contributed by atoms with E-state index >= 15 is 0 Å². The van der Waals surface area contributed by atoms with Gasteiger partial charge < -0.3 is 14.6 Å². The number of carbonyl (C=O) groups is 1. The lowest BCUT2D eigenvalue weighted by molar-refractivity contribution is -0.137. The van der Waals surface area contributed by atoms with Crippen molar-refractivity contribution in [2.24, 2.45) is 0 Å². The summed E-state index contributed by atoms with van der Waals surface area (Å²) in [6.45, 7) is 2.10. The summed E-state index contributed by atoms with van der Waals surface area (Å²) in [6.07, 6.45) is -3.28. The van der Waals surface area contributed by atoms with E-state index in [1.807, 2.05) is 0 Å². The van der Waals surface area contributed by atoms with Gasteiger partial charge in [0.2, 0.25) is 5.43 Å². The van der Waals surface area contributed by atoms with Gasteiger partial charge in [-0.05, 0) is 43.3 Å². The van der Waals surface area contributed by atoms with E-state index in [2.05, 4.69) is 5.32 Å². The zero-order chi connectivity index (χ0) is 21.3. The average Bonchev–Trinajstić information content (AvgIpc) is 2.67. The maximum absolute atomic E-state index is 13.1. The third-order valence-electron chi connectivity index (χ3n) is 4.40. The molecule has 0 unspecified atom stereocenters. The van der Waals surface area contributed by atoms with Crippen LogP contribution in [-0.2, 0) is 12.7 Å². The normalized spacial score (nSPS) is 11.5. The molecule has 0 bridgehead atoms. The molecular formula is C20H16ClF3N2O3. The Morgan fingerprint density at radius 1 is 1.21 bits per heavy atom. The summed E-state index contributed by atoms with van der Waals surface area (Å²) in [5, 5.41) is 2.68. The molecule has 9 heteroatoms. The van der Waals surface area contributed by atoms with Gasteiger partial charge in [-0.3, -0.25) is 9.59 Å². The number of nitrogens with zero attached hydrogens (tertiary/aromatic N) is 1. The molecule has 1 aromatic heterocycles. The Labute approximate surface area is 168 Å². The van der Waals surface area contributed by atoms with Crippen molar-refractivity contribution < 1.29 is 22.7 Å². The number of ether oxygens (including phenoxy) is 1. The summed E-state index contributed by atoms with van der Waals surface area (Å²) in [4.78, 5) is 25.6. The molecule has 3 aromatic rings. The van der Waals surface area contributed by atoms with E-state index in [9.17, 15) is 22.8 Å². The summed E-state index contributed by atoms with van der Waals surface area (Å²) >= 11 is 5.94. The highest BCUT2D eigenvalue weighted by Gasteiger charge is 2.31. The maximum Gasteiger partial charge on any atom is 0.416 e. The number of pyridine rings is 1. The van der Waals surface area contributed by atoms with E-state index in [0.717, 1.165) is 12.1 Å². The number of aromatic nitrogens is 1. The van der Waals surface area contributed by atoms with Crippen LogP contribution in [0.1, 0.15) is 22.8 Å². The van der Waals surface area contributed by atoms with Gasteiger partial charge in [0.25, 0.3) is 5.91 Å². The lowest BCUT2D eigenvalue weighted by Crippen LogP contribution is -2.24. The fourth-order valence-electron chi connectivity index (χ4n) is 2.96. The molecule has 3 rings (SSSR count). The number of aryl methyl sites for hydroxylation is 1. The topological polar surface area (TPSA) is 60.3 Å². The van der Waals surface area contributed by atoms with Crippen LogP contribution < -0.4 is 15.5 Å². The second-order valence-electron chi connectivity index (χ2n) is 6.19. The number of carbonyl (C=O) groups excluding carboxylic acids is 1. The first kappa shape index (κ1) is 20.7. The highest BCUT2D eigenvalue weighted by molar-refractivity contribution is 6.31. The number of alkyl halides is 3. The quantitative estimate of drug-likeness (QED) is 0.644. The molecule has 29 heavy (non-hydrogen) atoms. The second kappa shape index (κ2) is 7.79. The molecular weight excluding hydrogens is 409 g/mol. The van der Waals surface area contributed by atoms with Crippen molar-refractivity contribution in [3.8, 4) is 5.75 Å². The first-order valence-corrected chi connectivity index (χ1v) is 8.92. The zero-order valence-corrected chi connectivity index (χ0v) is 16.2. The monoisotopic (exact) mass is 424 g/mol. The number of hydrogen-bond donors (Lipinski definition) is 1. The predicted octanol–water partition coefficient (Wildman–Crippen LogP) is 4.95. The van der Waals surface area contributed by atoms with Gasteiger partial charge in [0.05, 0.1) is 23.9 Å². The number of benzene rings is 2. The van der Waals surface area contributed by atoms with E-state index in [1.165, 1.54) is 31.5 Å². The van der Waals surface area contributed by atoms with Crippen molar-refractivity contribution in [2.75, 3.05) is 12.4 Å². The molecule has 0 aliphatic carbocycles. The smallest absolute Gasteiger partial charge is 0.416 e. The Kier molecular flexibility index (Phi) is 5.57. The first-order chi connectivity index (χ1) is 13.7. The molecule has 1 heterocycles. The number of anilines is 1. The van der Waals surface area contributed by atoms with Crippen molar-refractivity contribution in [1.82, 2.24) is 4.57 Å². The number of hydrogen-bond acceptors (Lipinski definition) is 3. The van der Waals surface area contributed by atoms with Crippen LogP contribution in [0.5, 0.6) is 5.75 Å². The Hall–Kier alpha value is -3.00. The zero-order valence-electron chi connectivity index (χ0n) is 15.4. The van der Waals surface area contributed by atoms with Crippen molar-refractivity contribution in [3.63, 3.8) is 0 Å². The minimum absolute atomic E-state index is 0.188. The second-order valence-corrected chi connectivity index (χ2v) is 6.62. The standard InChI is InChI=1S/C20H16ClF3N2O3/c1-3-26-10-14(19(28)25-15-9-12(21)5-7-17(15)29-2)18(27)13-8-11(20(22,23)24)4-6-16(13)26/h4-10H,3H2,1-2H3,(H,25,28). The van der Waals surface area contributed by atoms with Gasteiger partial charge in [0, 0.05) is 23.2 Å². The van der Waals surface area contributed by atoms with Crippen LogP contribution in [-0.4, -0.2) is 17.6 Å². The van der Waals surface area contributed by atoms with E-state index in [0.29, 0.717) is 22.8 Å². The molecule has 1 amide bonds. The van der Waals surface area contributed by atoms with Crippen molar-refractivity contribution in [3.05, 3.63) is 69.0 Å². The summed E-state index contributed by atoms with van der Waals surface area (Å²) < 4.78 is 45.9. The van der Waals surface area contributed by atoms with Gasteiger partial charge in [0.15, 0.2) is 0 Å². The molecule has 0 atom stereocenters. The number of methoxy groups -OCH3 is 1. The Morgan fingerprint density at radius 2 is 1.93 bits per heavy atom. The predicted molar refractivity (Wildman–Crippen MR) is 105 cm³/mol. The summed E-state index contributed by atoms with van der Waals surface area (Å²) in [5.74, 6) is -0.462. The highest BCUT2D eigenvalue weighted by atomic mass is 35.5. The van der Waals surface area contributed by atoms with Crippen molar-refractivity contribution >= 4 is 34.1 Å². The molecule has 152 valence electrons. The van der Waals surface area contributed by atoms with E-state index < -0.39 is 23.1 Å². The molecule has 5 nitrogen and oxygen atoms in total. The third-order valence-corrected chi connectivity index (χ3v) is 4.64. The van der Waals surface area contributed by atoms with Gasteiger partial charge in [-0.15, -0.1) is 0 Å². The van der Waals surface area contributed by atoms with Crippen LogP contribution in [0.25, 0.3) is 10.9 Å². The molecule has 2 aromatic carbocycles. The van der Waals surface area contributed by atoms with Gasteiger partial charge in [0.1, 0.15) is 11.3 Å². The summed E-state index contributed by atoms with van der Waals surface area (Å²) in [5.41, 5.74) is -1.51. The lowest BCUT2D eigenvalue weighted by Gasteiger charge is -2.14.